The molecule has 1 aromatic carbocycles. The molecule has 2 fully saturated rings. The van der Waals surface area contributed by atoms with Gasteiger partial charge < -0.3 is 19.2 Å². The number of benzene rings is 1. The van der Waals surface area contributed by atoms with E-state index in [4.69, 9.17) is 9.15 Å². The van der Waals surface area contributed by atoms with Crippen LogP contribution in [0.25, 0.3) is 11.5 Å². The summed E-state index contributed by atoms with van der Waals surface area (Å²) in [5, 5.41) is 18.3. The van der Waals surface area contributed by atoms with Gasteiger partial charge in [-0.1, -0.05) is 12.1 Å². The van der Waals surface area contributed by atoms with Crippen LogP contribution < -0.4 is 0 Å². The van der Waals surface area contributed by atoms with Gasteiger partial charge in [-0.25, -0.2) is 4.39 Å². The molecule has 132 valence electrons. The van der Waals surface area contributed by atoms with Crippen molar-refractivity contribution in [2.24, 2.45) is 0 Å². The maximum atomic E-state index is 13.8. The number of rotatable bonds is 3. The summed E-state index contributed by atoms with van der Waals surface area (Å²) in [5.41, 5.74) is -1.70. The van der Waals surface area contributed by atoms with Crippen LogP contribution >= 0.6 is 0 Å². The molecule has 7 nitrogen and oxygen atoms in total. The first kappa shape index (κ1) is 16.2. The van der Waals surface area contributed by atoms with Gasteiger partial charge in [0.2, 0.25) is 5.89 Å². The van der Waals surface area contributed by atoms with Crippen LogP contribution in [0.2, 0.25) is 0 Å². The molecule has 25 heavy (non-hydrogen) atoms. The zero-order chi connectivity index (χ0) is 17.7. The van der Waals surface area contributed by atoms with Crippen LogP contribution in [0.3, 0.4) is 0 Å². The van der Waals surface area contributed by atoms with Crippen molar-refractivity contribution in [2.75, 3.05) is 26.3 Å². The van der Waals surface area contributed by atoms with Crippen LogP contribution in [-0.2, 0) is 14.9 Å². The van der Waals surface area contributed by atoms with Crippen molar-refractivity contribution in [2.45, 2.75) is 24.4 Å². The summed E-state index contributed by atoms with van der Waals surface area (Å²) in [5.74, 6) is -0.306. The van der Waals surface area contributed by atoms with Crippen molar-refractivity contribution in [3.05, 3.63) is 36.0 Å². The summed E-state index contributed by atoms with van der Waals surface area (Å²) in [4.78, 5) is 14.0. The van der Waals surface area contributed by atoms with Crippen LogP contribution in [0.5, 0.6) is 0 Å². The van der Waals surface area contributed by atoms with E-state index in [1.807, 2.05) is 6.92 Å². The van der Waals surface area contributed by atoms with Crippen molar-refractivity contribution in [1.82, 2.24) is 15.1 Å². The molecule has 1 aromatic heterocycles. The maximum Gasteiger partial charge on any atom is 0.257 e. The summed E-state index contributed by atoms with van der Waals surface area (Å²) in [6.45, 7) is 3.00. The molecule has 0 saturated carbocycles. The lowest BCUT2D eigenvalue weighted by Gasteiger charge is -2.47. The first-order valence-electron chi connectivity index (χ1n) is 8.10. The van der Waals surface area contributed by atoms with Gasteiger partial charge in [0.1, 0.15) is 5.82 Å². The number of carbonyl (C=O) groups is 1. The molecule has 2 saturated heterocycles. The highest BCUT2D eigenvalue weighted by atomic mass is 19.1. The minimum absolute atomic E-state index is 0.0248. The van der Waals surface area contributed by atoms with E-state index in [2.05, 4.69) is 10.2 Å². The fourth-order valence-corrected chi connectivity index (χ4v) is 3.30. The van der Waals surface area contributed by atoms with Gasteiger partial charge in [-0.3, -0.25) is 4.79 Å². The van der Waals surface area contributed by atoms with Crippen molar-refractivity contribution in [3.63, 3.8) is 0 Å². The molecular formula is C17H18FN3O4. The highest BCUT2D eigenvalue weighted by Crippen LogP contribution is 2.37. The fraction of sp³-hybridized carbons (Fsp3) is 0.471. The number of amides is 1. The summed E-state index contributed by atoms with van der Waals surface area (Å²) < 4.78 is 24.6. The molecule has 2 aliphatic rings. The molecule has 3 heterocycles. The number of halogens is 1. The molecule has 8 heteroatoms. The third-order valence-corrected chi connectivity index (χ3v) is 4.81. The average molecular weight is 347 g/mol. The lowest BCUT2D eigenvalue weighted by atomic mass is 9.80. The van der Waals surface area contributed by atoms with E-state index in [9.17, 15) is 14.3 Å². The smallest absolute Gasteiger partial charge is 0.257 e. The second-order valence-corrected chi connectivity index (χ2v) is 6.95. The summed E-state index contributed by atoms with van der Waals surface area (Å²) >= 11 is 0. The Morgan fingerprint density at radius 3 is 2.76 bits per heavy atom. The Kier molecular flexibility index (Phi) is 3.62. The molecule has 0 aliphatic carbocycles. The lowest BCUT2D eigenvalue weighted by molar-refractivity contribution is -0.159. The normalized spacial score (nSPS) is 25.0. The average Bonchev–Trinajstić information content (AvgIpc) is 3.22. The van der Waals surface area contributed by atoms with Crippen molar-refractivity contribution in [1.29, 1.82) is 0 Å². The van der Waals surface area contributed by atoms with Gasteiger partial charge in [0.15, 0.2) is 5.60 Å². The van der Waals surface area contributed by atoms with E-state index >= 15 is 0 Å². The number of ether oxygens (including phenoxy) is 1. The van der Waals surface area contributed by atoms with Crippen molar-refractivity contribution >= 4 is 5.91 Å². The number of carbonyl (C=O) groups excluding carboxylic acids is 1. The monoisotopic (exact) mass is 347 g/mol. The van der Waals surface area contributed by atoms with Crippen LogP contribution in [0.1, 0.15) is 19.2 Å². The van der Waals surface area contributed by atoms with Gasteiger partial charge in [0.05, 0.1) is 24.2 Å². The minimum atomic E-state index is -1.44. The van der Waals surface area contributed by atoms with Gasteiger partial charge in [0.25, 0.3) is 11.8 Å². The second kappa shape index (κ2) is 5.60. The van der Waals surface area contributed by atoms with Crippen LogP contribution in [0.15, 0.2) is 28.7 Å². The van der Waals surface area contributed by atoms with Gasteiger partial charge in [-0.2, -0.15) is 0 Å². The summed E-state index contributed by atoms with van der Waals surface area (Å²) in [6, 6.07) is 6.18. The van der Waals surface area contributed by atoms with Gasteiger partial charge in [-0.05, 0) is 19.1 Å². The third-order valence-electron chi connectivity index (χ3n) is 4.81. The highest BCUT2D eigenvalue weighted by Gasteiger charge is 2.52. The van der Waals surface area contributed by atoms with E-state index in [1.54, 1.807) is 23.1 Å². The van der Waals surface area contributed by atoms with Gasteiger partial charge in [0, 0.05) is 19.5 Å². The molecular weight excluding hydrogens is 329 g/mol. The second-order valence-electron chi connectivity index (χ2n) is 6.95. The quantitative estimate of drug-likeness (QED) is 0.895. The Bertz CT molecular complexity index is 810. The zero-order valence-electron chi connectivity index (χ0n) is 13.7. The highest BCUT2D eigenvalue weighted by molar-refractivity contribution is 5.86. The molecule has 4 rings (SSSR count). The zero-order valence-corrected chi connectivity index (χ0v) is 13.7. The number of hydrogen-bond donors (Lipinski definition) is 1. The van der Waals surface area contributed by atoms with E-state index in [0.717, 1.165) is 0 Å². The Balaban J connectivity index is 1.49. The maximum absolute atomic E-state index is 13.8. The molecule has 1 unspecified atom stereocenters. The third kappa shape index (κ3) is 2.61. The number of aromatic nitrogens is 2. The SMILES string of the molecule is CC1(c2nnc(-c3ccccc3F)o2)CN(C(=O)C2(O)CCOC2)C1. The van der Waals surface area contributed by atoms with Crippen LogP contribution in [0, 0.1) is 5.82 Å². The molecule has 0 spiro atoms. The Morgan fingerprint density at radius 2 is 2.08 bits per heavy atom. The summed E-state index contributed by atoms with van der Waals surface area (Å²) in [7, 11) is 0. The predicted molar refractivity (Wildman–Crippen MR) is 84.0 cm³/mol. The number of nitrogens with zero attached hydrogens (tertiary/aromatic N) is 3. The van der Waals surface area contributed by atoms with Crippen LogP contribution in [0.4, 0.5) is 4.39 Å². The fourth-order valence-electron chi connectivity index (χ4n) is 3.30. The molecule has 1 amide bonds. The Morgan fingerprint density at radius 1 is 1.32 bits per heavy atom. The van der Waals surface area contributed by atoms with Crippen molar-refractivity contribution < 1.29 is 23.4 Å². The van der Waals surface area contributed by atoms with E-state index in [0.29, 0.717) is 32.0 Å². The Hall–Kier alpha value is -2.32. The van der Waals surface area contributed by atoms with Crippen LogP contribution in [-0.4, -0.2) is 58.0 Å². The first-order chi connectivity index (χ1) is 11.9. The minimum Gasteiger partial charge on any atom is -0.420 e. The largest absolute Gasteiger partial charge is 0.420 e. The molecule has 0 radical (unpaired) electrons. The number of aliphatic hydroxyl groups is 1. The molecule has 0 bridgehead atoms. The van der Waals surface area contributed by atoms with E-state index < -0.39 is 16.8 Å². The van der Waals surface area contributed by atoms with E-state index in [1.165, 1.54) is 6.07 Å². The van der Waals surface area contributed by atoms with Gasteiger partial charge in [-0.15, -0.1) is 10.2 Å². The summed E-state index contributed by atoms with van der Waals surface area (Å²) in [6.07, 6.45) is 0.303. The molecule has 2 aliphatic heterocycles. The predicted octanol–water partition coefficient (Wildman–Crippen LogP) is 1.13. The number of hydrogen-bond acceptors (Lipinski definition) is 6. The Labute approximate surface area is 143 Å². The van der Waals surface area contributed by atoms with E-state index in [-0.39, 0.29) is 24.0 Å². The van der Waals surface area contributed by atoms with Crippen molar-refractivity contribution in [3.8, 4) is 11.5 Å². The standard InChI is InChI=1S/C17H18FN3O4/c1-16(8-21(9-16)15(22)17(23)6-7-24-10-17)14-20-19-13(25-14)11-4-2-3-5-12(11)18/h2-5,23H,6-10H2,1H3. The first-order valence-corrected chi connectivity index (χ1v) is 8.10. The van der Waals surface area contributed by atoms with Gasteiger partial charge >= 0.3 is 0 Å². The molecule has 2 aromatic rings. The molecule has 1 atom stereocenters. The number of likely N-dealkylation sites (tertiary alicyclic amines) is 1. The lowest BCUT2D eigenvalue weighted by Crippen LogP contribution is -2.64. The topological polar surface area (TPSA) is 88.7 Å². The molecule has 1 N–H and O–H groups in total.